The van der Waals surface area contributed by atoms with E-state index in [4.69, 9.17) is 4.42 Å². The topological polar surface area (TPSA) is 51.0 Å². The molecule has 4 nitrogen and oxygen atoms in total. The summed E-state index contributed by atoms with van der Waals surface area (Å²) < 4.78 is 42.9. The molecule has 0 saturated heterocycles. The molecule has 0 saturated carbocycles. The van der Waals surface area contributed by atoms with Gasteiger partial charge < -0.3 is 9.73 Å². The number of anilines is 1. The molecule has 7 heteroatoms. The van der Waals surface area contributed by atoms with Crippen molar-refractivity contribution in [3.8, 4) is 11.3 Å². The summed E-state index contributed by atoms with van der Waals surface area (Å²) in [5.74, 6) is -0.0523. The Morgan fingerprint density at radius 2 is 2.11 bits per heavy atom. The van der Waals surface area contributed by atoms with Crippen molar-refractivity contribution in [2.24, 2.45) is 0 Å². The monoisotopic (exact) mass is 257 g/mol. The van der Waals surface area contributed by atoms with Crippen molar-refractivity contribution in [1.82, 2.24) is 9.97 Å². The van der Waals surface area contributed by atoms with E-state index in [1.807, 2.05) is 0 Å². The summed E-state index contributed by atoms with van der Waals surface area (Å²) in [6, 6.07) is 2.43. The lowest BCUT2D eigenvalue weighted by Gasteiger charge is -2.10. The van der Waals surface area contributed by atoms with Crippen molar-refractivity contribution in [1.29, 1.82) is 0 Å². The molecule has 2 heterocycles. The Hall–Kier alpha value is -2.05. The van der Waals surface area contributed by atoms with E-state index in [2.05, 4.69) is 15.3 Å². The molecule has 96 valence electrons. The number of furan rings is 1. The van der Waals surface area contributed by atoms with E-state index in [1.54, 1.807) is 6.92 Å². The van der Waals surface area contributed by atoms with E-state index in [0.717, 1.165) is 6.07 Å². The summed E-state index contributed by atoms with van der Waals surface area (Å²) in [5.41, 5.74) is -0.339. The molecule has 0 bridgehead atoms. The zero-order chi connectivity index (χ0) is 13.2. The summed E-state index contributed by atoms with van der Waals surface area (Å²) in [6.07, 6.45) is -1.80. The van der Waals surface area contributed by atoms with E-state index in [-0.39, 0.29) is 11.6 Å². The minimum absolute atomic E-state index is 0.0523. The van der Waals surface area contributed by atoms with Gasteiger partial charge in [0.2, 0.25) is 5.95 Å². The Morgan fingerprint density at radius 1 is 1.33 bits per heavy atom. The van der Waals surface area contributed by atoms with Gasteiger partial charge in [0, 0.05) is 12.1 Å². The number of hydrogen-bond acceptors (Lipinski definition) is 4. The third-order valence-corrected chi connectivity index (χ3v) is 2.17. The maximum absolute atomic E-state index is 12.7. The lowest BCUT2D eigenvalue weighted by atomic mass is 10.2. The van der Waals surface area contributed by atoms with Gasteiger partial charge in [0.15, 0.2) is 5.69 Å². The summed E-state index contributed by atoms with van der Waals surface area (Å²) in [7, 11) is 0. The molecule has 0 amide bonds. The number of rotatable bonds is 3. The first-order valence-electron chi connectivity index (χ1n) is 5.23. The number of alkyl halides is 3. The average Bonchev–Trinajstić information content (AvgIpc) is 2.81. The normalized spacial score (nSPS) is 11.6. The molecule has 0 fully saturated rings. The Morgan fingerprint density at radius 3 is 2.67 bits per heavy atom. The standard InChI is InChI=1S/C11H10F3N3O/c1-2-15-10-16-8(7-3-4-18-6-7)5-9(17-10)11(12,13)14/h3-6H,2H2,1H3,(H,15,16,17). The number of halogens is 3. The molecule has 0 aliphatic carbocycles. The Balaban J connectivity index is 2.50. The fourth-order valence-electron chi connectivity index (χ4n) is 1.39. The van der Waals surface area contributed by atoms with E-state index >= 15 is 0 Å². The zero-order valence-electron chi connectivity index (χ0n) is 9.45. The van der Waals surface area contributed by atoms with Crippen LogP contribution in [0.3, 0.4) is 0 Å². The molecule has 18 heavy (non-hydrogen) atoms. The van der Waals surface area contributed by atoms with Gasteiger partial charge in [-0.1, -0.05) is 0 Å². The van der Waals surface area contributed by atoms with E-state index in [0.29, 0.717) is 12.1 Å². The zero-order valence-corrected chi connectivity index (χ0v) is 9.45. The fraction of sp³-hybridized carbons (Fsp3) is 0.273. The van der Waals surface area contributed by atoms with Gasteiger partial charge in [-0.2, -0.15) is 13.2 Å². The van der Waals surface area contributed by atoms with Crippen molar-refractivity contribution in [3.63, 3.8) is 0 Å². The maximum Gasteiger partial charge on any atom is 0.433 e. The molecule has 2 aromatic rings. The highest BCUT2D eigenvalue weighted by Gasteiger charge is 2.33. The highest BCUT2D eigenvalue weighted by atomic mass is 19.4. The van der Waals surface area contributed by atoms with Crippen LogP contribution in [-0.4, -0.2) is 16.5 Å². The molecule has 0 aliphatic heterocycles. The first kappa shape index (κ1) is 12.4. The first-order chi connectivity index (χ1) is 8.50. The van der Waals surface area contributed by atoms with Crippen molar-refractivity contribution >= 4 is 5.95 Å². The molecule has 0 aliphatic rings. The Bertz CT molecular complexity index is 523. The van der Waals surface area contributed by atoms with Gasteiger partial charge in [-0.15, -0.1) is 0 Å². The van der Waals surface area contributed by atoms with E-state index in [9.17, 15) is 13.2 Å². The summed E-state index contributed by atoms with van der Waals surface area (Å²) in [4.78, 5) is 7.42. The molecule has 0 aromatic carbocycles. The van der Waals surface area contributed by atoms with Crippen LogP contribution in [0.25, 0.3) is 11.3 Å². The van der Waals surface area contributed by atoms with Crippen molar-refractivity contribution in [2.45, 2.75) is 13.1 Å². The van der Waals surface area contributed by atoms with Crippen LogP contribution in [-0.2, 0) is 6.18 Å². The highest BCUT2D eigenvalue weighted by molar-refractivity contribution is 5.59. The third kappa shape index (κ3) is 2.61. The number of nitrogens with zero attached hydrogens (tertiary/aromatic N) is 2. The van der Waals surface area contributed by atoms with Crippen molar-refractivity contribution in [2.75, 3.05) is 11.9 Å². The van der Waals surface area contributed by atoms with Crippen molar-refractivity contribution < 1.29 is 17.6 Å². The first-order valence-corrected chi connectivity index (χ1v) is 5.23. The molecular weight excluding hydrogens is 247 g/mol. The van der Waals surface area contributed by atoms with Gasteiger partial charge in [0.1, 0.15) is 0 Å². The molecular formula is C11H10F3N3O. The van der Waals surface area contributed by atoms with Gasteiger partial charge in [-0.3, -0.25) is 0 Å². The minimum Gasteiger partial charge on any atom is -0.472 e. The maximum atomic E-state index is 12.7. The van der Waals surface area contributed by atoms with E-state index in [1.165, 1.54) is 18.6 Å². The van der Waals surface area contributed by atoms with Gasteiger partial charge in [-0.05, 0) is 19.1 Å². The second-order valence-electron chi connectivity index (χ2n) is 3.50. The van der Waals surface area contributed by atoms with Crippen LogP contribution < -0.4 is 5.32 Å². The van der Waals surface area contributed by atoms with Gasteiger partial charge in [0.25, 0.3) is 0 Å². The van der Waals surface area contributed by atoms with Crippen LogP contribution in [0.2, 0.25) is 0 Å². The van der Waals surface area contributed by atoms with Crippen LogP contribution >= 0.6 is 0 Å². The molecule has 0 unspecified atom stereocenters. The SMILES string of the molecule is CCNc1nc(-c2ccoc2)cc(C(F)(F)F)n1. The Labute approximate surface area is 101 Å². The van der Waals surface area contributed by atoms with Gasteiger partial charge in [-0.25, -0.2) is 9.97 Å². The second kappa shape index (κ2) is 4.67. The highest BCUT2D eigenvalue weighted by Crippen LogP contribution is 2.31. The van der Waals surface area contributed by atoms with E-state index < -0.39 is 11.9 Å². The van der Waals surface area contributed by atoms with Crippen LogP contribution in [0.5, 0.6) is 0 Å². The lowest BCUT2D eigenvalue weighted by Crippen LogP contribution is -2.12. The lowest BCUT2D eigenvalue weighted by molar-refractivity contribution is -0.141. The summed E-state index contributed by atoms with van der Waals surface area (Å²) >= 11 is 0. The average molecular weight is 257 g/mol. The van der Waals surface area contributed by atoms with Crippen LogP contribution in [0, 0.1) is 0 Å². The predicted molar refractivity (Wildman–Crippen MR) is 58.9 cm³/mol. The molecule has 2 rings (SSSR count). The van der Waals surface area contributed by atoms with Crippen LogP contribution in [0.4, 0.5) is 19.1 Å². The predicted octanol–water partition coefficient (Wildman–Crippen LogP) is 3.19. The number of hydrogen-bond donors (Lipinski definition) is 1. The fourth-order valence-corrected chi connectivity index (χ4v) is 1.39. The van der Waals surface area contributed by atoms with Crippen LogP contribution in [0.1, 0.15) is 12.6 Å². The minimum atomic E-state index is -4.51. The third-order valence-electron chi connectivity index (χ3n) is 2.17. The van der Waals surface area contributed by atoms with Gasteiger partial charge in [0.05, 0.1) is 18.2 Å². The Kier molecular flexibility index (Phi) is 3.22. The van der Waals surface area contributed by atoms with Crippen LogP contribution in [0.15, 0.2) is 29.1 Å². The van der Waals surface area contributed by atoms with Crippen molar-refractivity contribution in [3.05, 3.63) is 30.4 Å². The quantitative estimate of drug-likeness (QED) is 0.917. The largest absolute Gasteiger partial charge is 0.472 e. The smallest absolute Gasteiger partial charge is 0.433 e. The summed E-state index contributed by atoms with van der Waals surface area (Å²) in [6.45, 7) is 2.19. The molecule has 2 aromatic heterocycles. The number of aromatic nitrogens is 2. The summed E-state index contributed by atoms with van der Waals surface area (Å²) in [5, 5.41) is 2.67. The molecule has 0 atom stereocenters. The molecule has 0 spiro atoms. The number of nitrogens with one attached hydrogen (secondary N) is 1. The van der Waals surface area contributed by atoms with Gasteiger partial charge >= 0.3 is 6.18 Å². The molecule has 0 radical (unpaired) electrons. The molecule has 1 N–H and O–H groups in total. The second-order valence-corrected chi connectivity index (χ2v) is 3.50.